The van der Waals surface area contributed by atoms with Gasteiger partial charge in [-0.2, -0.15) is 26.3 Å². The molecule has 0 aliphatic carbocycles. The highest BCUT2D eigenvalue weighted by atomic mass is 28.4. The van der Waals surface area contributed by atoms with Crippen molar-refractivity contribution >= 4 is 16.9 Å². The number of hydrogen-bond acceptors (Lipinski definition) is 12. The zero-order chi connectivity index (χ0) is 41.5. The number of aliphatic hydroxyl groups is 5. The molecule has 0 aromatic heterocycles. The number of hydrogen-bond donors (Lipinski definition) is 7. The van der Waals surface area contributed by atoms with E-state index in [1.807, 2.05) is 0 Å². The lowest BCUT2D eigenvalue weighted by Gasteiger charge is -2.39. The third kappa shape index (κ3) is 12.8. The number of aliphatic hydroxyl groups excluding tert-OH is 5. The normalized spacial score (nSPS) is 14.4. The van der Waals surface area contributed by atoms with Gasteiger partial charge in [-0.15, -0.1) is 0 Å². The van der Waals surface area contributed by atoms with Gasteiger partial charge in [0.05, 0.1) is 25.4 Å². The topological polar surface area (TPSA) is 188 Å². The van der Waals surface area contributed by atoms with Gasteiger partial charge >= 0.3 is 21.2 Å². The summed E-state index contributed by atoms with van der Waals surface area (Å²) in [7, 11) is -1.14. The summed E-state index contributed by atoms with van der Waals surface area (Å²) in [6.07, 6.45) is -15.5. The minimum absolute atomic E-state index is 0.0925. The van der Waals surface area contributed by atoms with Crippen LogP contribution in [0.2, 0.25) is 12.1 Å². The second-order valence-electron chi connectivity index (χ2n) is 13.4. The second kappa shape index (κ2) is 22.0. The van der Waals surface area contributed by atoms with Crippen LogP contribution in [-0.2, 0) is 41.0 Å². The molecule has 0 radical (unpaired) electrons. The van der Waals surface area contributed by atoms with Crippen LogP contribution in [0.1, 0.15) is 47.9 Å². The number of aromatic hydroxyl groups is 2. The van der Waals surface area contributed by atoms with Gasteiger partial charge in [0, 0.05) is 59.3 Å². The van der Waals surface area contributed by atoms with E-state index >= 15 is 26.3 Å². The average molecular weight is 837 g/mol. The van der Waals surface area contributed by atoms with E-state index in [-0.39, 0.29) is 81.9 Å². The SMILES string of the molecule is CO[Si](CCCOCC(O)CCc1cc(C(c2ccc(O)c(CCC(O)COCCC[Si](CO)(CO)CO)c2)(C(F)(F)F)C(F)(F)F)ccc1O)(OC)OC. The monoisotopic (exact) mass is 836 g/mol. The molecular formula is C35H54F6O12Si2. The number of benzene rings is 2. The Morgan fingerprint density at radius 2 is 1.00 bits per heavy atom. The molecule has 2 aromatic carbocycles. The lowest BCUT2D eigenvalue weighted by molar-refractivity contribution is -0.288. The van der Waals surface area contributed by atoms with Gasteiger partial charge in [0.25, 0.3) is 0 Å². The van der Waals surface area contributed by atoms with E-state index in [0.29, 0.717) is 49.2 Å². The summed E-state index contributed by atoms with van der Waals surface area (Å²) < 4.78 is 117. The zero-order valence-corrected chi connectivity index (χ0v) is 33.2. The molecule has 0 aliphatic heterocycles. The van der Waals surface area contributed by atoms with E-state index in [4.69, 9.17) is 22.8 Å². The van der Waals surface area contributed by atoms with Crippen molar-refractivity contribution in [3.05, 3.63) is 58.7 Å². The highest BCUT2D eigenvalue weighted by Crippen LogP contribution is 2.57. The van der Waals surface area contributed by atoms with Crippen molar-refractivity contribution < 1.29 is 84.8 Å². The summed E-state index contributed by atoms with van der Waals surface area (Å²) in [5.41, 5.74) is -7.65. The number of phenolic OH excluding ortho intramolecular Hbond substituents is 2. The van der Waals surface area contributed by atoms with Crippen LogP contribution in [0, 0.1) is 0 Å². The molecular weight excluding hydrogens is 783 g/mol. The van der Waals surface area contributed by atoms with Gasteiger partial charge in [0.1, 0.15) is 19.6 Å². The first-order valence-electron chi connectivity index (χ1n) is 17.6. The van der Waals surface area contributed by atoms with Crippen LogP contribution in [0.4, 0.5) is 26.3 Å². The highest BCUT2D eigenvalue weighted by molar-refractivity contribution is 6.79. The van der Waals surface area contributed by atoms with E-state index in [9.17, 15) is 35.7 Å². The fourth-order valence-corrected chi connectivity index (χ4v) is 9.51. The molecule has 7 N–H and O–H groups in total. The number of rotatable bonds is 26. The van der Waals surface area contributed by atoms with Crippen LogP contribution in [0.15, 0.2) is 36.4 Å². The van der Waals surface area contributed by atoms with E-state index in [1.165, 1.54) is 21.3 Å². The Hall–Kier alpha value is -2.35. The van der Waals surface area contributed by atoms with Gasteiger partial charge < -0.3 is 58.5 Å². The van der Waals surface area contributed by atoms with Gasteiger partial charge in [-0.05, 0) is 79.0 Å². The molecule has 2 atom stereocenters. The van der Waals surface area contributed by atoms with Gasteiger partial charge in [-0.25, -0.2) is 0 Å². The quantitative estimate of drug-likeness (QED) is 0.0413. The minimum Gasteiger partial charge on any atom is -0.508 e. The fourth-order valence-electron chi connectivity index (χ4n) is 6.15. The molecule has 0 amide bonds. The maximum absolute atomic E-state index is 15.0. The fraction of sp³-hybridized carbons (Fsp3) is 0.657. The Bertz CT molecular complexity index is 1310. The molecule has 2 aromatic rings. The molecule has 0 spiro atoms. The smallest absolute Gasteiger partial charge is 0.500 e. The third-order valence-electron chi connectivity index (χ3n) is 9.70. The van der Waals surface area contributed by atoms with Crippen molar-refractivity contribution in [1.29, 1.82) is 0 Å². The van der Waals surface area contributed by atoms with E-state index in [1.54, 1.807) is 0 Å². The lowest BCUT2D eigenvalue weighted by Crippen LogP contribution is -2.54. The van der Waals surface area contributed by atoms with Crippen molar-refractivity contribution in [3.63, 3.8) is 0 Å². The molecule has 0 fully saturated rings. The predicted octanol–water partition coefficient (Wildman–Crippen LogP) is 3.83. The molecule has 0 aliphatic rings. The number of aryl methyl sites for hydroxylation is 2. The molecule has 20 heteroatoms. The summed E-state index contributed by atoms with van der Waals surface area (Å²) in [5.74, 6) is -1.16. The Morgan fingerprint density at radius 3 is 1.35 bits per heavy atom. The molecule has 0 heterocycles. The van der Waals surface area contributed by atoms with Crippen LogP contribution < -0.4 is 0 Å². The number of ether oxygens (including phenoxy) is 2. The van der Waals surface area contributed by atoms with Gasteiger partial charge in [0.2, 0.25) is 5.41 Å². The van der Waals surface area contributed by atoms with Gasteiger partial charge in [-0.3, -0.25) is 0 Å². The first kappa shape index (κ1) is 48.8. The van der Waals surface area contributed by atoms with Crippen molar-refractivity contribution in [2.24, 2.45) is 0 Å². The maximum atomic E-state index is 15.0. The molecule has 0 saturated carbocycles. The molecule has 55 heavy (non-hydrogen) atoms. The van der Waals surface area contributed by atoms with E-state index in [0.717, 1.165) is 12.1 Å². The number of halogens is 6. The van der Waals surface area contributed by atoms with Crippen molar-refractivity contribution in [1.82, 2.24) is 0 Å². The van der Waals surface area contributed by atoms with Crippen LogP contribution in [0.5, 0.6) is 11.5 Å². The molecule has 2 unspecified atom stereocenters. The Morgan fingerprint density at radius 1 is 0.618 bits per heavy atom. The van der Waals surface area contributed by atoms with Crippen LogP contribution in [-0.4, -0.2) is 144 Å². The van der Waals surface area contributed by atoms with Gasteiger partial charge in [0.15, 0.2) is 0 Å². The minimum atomic E-state index is -5.97. The third-order valence-corrected chi connectivity index (χ3v) is 16.0. The Balaban J connectivity index is 2.23. The highest BCUT2D eigenvalue weighted by Gasteiger charge is 2.72. The largest absolute Gasteiger partial charge is 0.508 e. The second-order valence-corrected chi connectivity index (χ2v) is 21.0. The molecule has 0 bridgehead atoms. The molecule has 2 rings (SSSR count). The zero-order valence-electron chi connectivity index (χ0n) is 31.2. The molecule has 316 valence electrons. The summed E-state index contributed by atoms with van der Waals surface area (Å²) in [6, 6.07) is 4.48. The van der Waals surface area contributed by atoms with Crippen LogP contribution in [0.25, 0.3) is 0 Å². The van der Waals surface area contributed by atoms with E-state index in [2.05, 4.69) is 0 Å². The number of alkyl halides is 6. The van der Waals surface area contributed by atoms with Crippen molar-refractivity contribution in [3.8, 4) is 11.5 Å². The summed E-state index contributed by atoms with van der Waals surface area (Å²) in [5, 5.41) is 70.1. The van der Waals surface area contributed by atoms with Crippen molar-refractivity contribution in [2.45, 2.75) is 80.6 Å². The number of phenols is 2. The predicted molar refractivity (Wildman–Crippen MR) is 192 cm³/mol. The lowest BCUT2D eigenvalue weighted by atomic mass is 9.71. The van der Waals surface area contributed by atoms with E-state index < -0.39 is 69.5 Å². The maximum Gasteiger partial charge on any atom is 0.500 e. The summed E-state index contributed by atoms with van der Waals surface area (Å²) >= 11 is 0. The average Bonchev–Trinajstić information content (AvgIpc) is 3.14. The standard InChI is InChI=1S/C35H54F6O12Si2/c1-49-55(50-2,51-3)17-5-15-53-21-30(46)11-7-26-19-28(9-13-32(26)48)33(34(36,37)38,35(39,40)41)27-8-12-31(47)25(18-27)6-10-29(45)20-52-14-4-16-54(22-42,23-43)24-44/h8-9,12-13,18-19,29-30,42-48H,4-7,10-11,14-17,20-24H2,1-3H3. The summed E-state index contributed by atoms with van der Waals surface area (Å²) in [4.78, 5) is 0. The van der Waals surface area contributed by atoms with Crippen LogP contribution in [0.3, 0.4) is 0 Å². The first-order valence-corrected chi connectivity index (χ1v) is 22.4. The molecule has 12 nitrogen and oxygen atoms in total. The molecule has 0 saturated heterocycles. The van der Waals surface area contributed by atoms with Gasteiger partial charge in [-0.1, -0.05) is 24.3 Å². The Kier molecular flexibility index (Phi) is 19.5. The van der Waals surface area contributed by atoms with Crippen molar-refractivity contribution in [2.75, 3.05) is 66.4 Å². The summed E-state index contributed by atoms with van der Waals surface area (Å²) in [6.45, 7) is -0.182. The Labute approximate surface area is 318 Å². The van der Waals surface area contributed by atoms with Crippen LogP contribution >= 0.6 is 0 Å². The first-order chi connectivity index (χ1) is 25.8.